The van der Waals surface area contributed by atoms with E-state index in [4.69, 9.17) is 15.0 Å². The Morgan fingerprint density at radius 2 is 1.22 bits per heavy atom. The van der Waals surface area contributed by atoms with Crippen molar-refractivity contribution in [1.29, 1.82) is 0 Å². The molecule has 0 rings (SSSR count). The third kappa shape index (κ3) is 64.1. The van der Waals surface area contributed by atoms with Gasteiger partial charge in [-0.25, -0.2) is 4.79 Å². The molecule has 47 valence electrons. The van der Waals surface area contributed by atoms with E-state index in [-0.39, 0.29) is 172 Å². The third-order valence-electron chi connectivity index (χ3n) is 0. The Morgan fingerprint density at radius 3 is 1.22 bits per heavy atom. The number of hydrogen-bond acceptors (Lipinski definition) is 1. The van der Waals surface area contributed by atoms with Crippen LogP contribution in [0.1, 0.15) is 0 Å². The monoisotopic (exact) mass is 415 g/mol. The molecule has 0 aromatic heterocycles. The van der Waals surface area contributed by atoms with E-state index in [0.717, 1.165) is 0 Å². The van der Waals surface area contributed by atoms with E-state index in [2.05, 4.69) is 0 Å². The first-order valence-electron chi connectivity index (χ1n) is 0.651. The van der Waals surface area contributed by atoms with Crippen molar-refractivity contribution in [1.82, 2.24) is 0 Å². The van der Waals surface area contributed by atoms with Crippen LogP contribution in [-0.4, -0.2) is 172 Å². The van der Waals surface area contributed by atoms with Crippen LogP contribution >= 0.6 is 0 Å². The van der Waals surface area contributed by atoms with E-state index in [1.165, 1.54) is 0 Å². The Kier molecular flexibility index (Phi) is 121. The van der Waals surface area contributed by atoms with Crippen LogP contribution in [-0.2, 0) is 17.1 Å². The molecule has 0 unspecified atom stereocenters. The number of carboxylic acid groups (broad SMARTS) is 2. The van der Waals surface area contributed by atoms with Crippen molar-refractivity contribution >= 4 is 161 Å². The Bertz CT molecular complexity index is 46.8. The van der Waals surface area contributed by atoms with E-state index >= 15 is 0 Å². The summed E-state index contributed by atoms with van der Waals surface area (Å²) in [6, 6.07) is 0. The van der Waals surface area contributed by atoms with Crippen LogP contribution in [0.3, 0.4) is 0 Å². The first kappa shape index (κ1) is 37.1. The molecule has 1 radical (unpaired) electrons. The average Bonchev–Trinajstić information content (AvgIpc) is 0.811. The van der Waals surface area contributed by atoms with Gasteiger partial charge in [0.2, 0.25) is 0 Å². The van der Waals surface area contributed by atoms with Gasteiger partial charge in [-0.05, 0) is 0 Å². The summed E-state index contributed by atoms with van der Waals surface area (Å²) in [5.74, 6) is 0. The summed E-state index contributed by atoms with van der Waals surface area (Å²) in [7, 11) is 0. The van der Waals surface area contributed by atoms with Crippen LogP contribution in [0.25, 0.3) is 0 Å². The predicted octanol–water partition coefficient (Wildman–Crippen LogP) is -3.44. The standard InChI is InChI=1S/CH2O3.Ba.Ca.Mg.Mn.Sr.8H/c2-1(3)4;;;;;;;;;;;;;/h(H2,2,3,4);;;;;;;;;;;;;. The average molecular weight is 414 g/mol. The molecule has 0 aliphatic rings. The summed E-state index contributed by atoms with van der Waals surface area (Å²) >= 11 is 0. The number of hydrogen-bond donors (Lipinski definition) is 2. The molecule has 0 spiro atoms. The van der Waals surface area contributed by atoms with Crippen LogP contribution < -0.4 is 0 Å². The van der Waals surface area contributed by atoms with Crippen LogP contribution in [0, 0.1) is 0 Å². The molecule has 0 aliphatic carbocycles. The topological polar surface area (TPSA) is 57.5 Å². The van der Waals surface area contributed by atoms with Crippen molar-refractivity contribution in [2.75, 3.05) is 0 Å². The molecule has 0 heterocycles. The molecule has 0 bridgehead atoms. The normalized spacial score (nSPS) is 2.67. The van der Waals surface area contributed by atoms with Gasteiger partial charge in [-0.2, -0.15) is 0 Å². The van der Waals surface area contributed by atoms with Crippen LogP contribution in [0.15, 0.2) is 0 Å². The van der Waals surface area contributed by atoms with Gasteiger partial charge in [-0.1, -0.05) is 0 Å². The molecule has 0 aromatic rings. The molecular formula is CH10BaCaMgMnO3Sr. The molecule has 0 aromatic carbocycles. The molecule has 3 nitrogen and oxygen atoms in total. The zero-order chi connectivity index (χ0) is 3.58. The SMILES string of the molecule is O=C(O)O.[BaH2].[CaH2].[MgH2].[Mn].[SrH2]. The number of carbonyl (C=O) groups is 1. The van der Waals surface area contributed by atoms with Gasteiger partial charge in [-0.15, -0.1) is 0 Å². The maximum atomic E-state index is 8.56. The summed E-state index contributed by atoms with van der Waals surface area (Å²) in [6.07, 6.45) is -1.83. The van der Waals surface area contributed by atoms with Crippen molar-refractivity contribution in [2.24, 2.45) is 0 Å². The summed E-state index contributed by atoms with van der Waals surface area (Å²) < 4.78 is 0. The van der Waals surface area contributed by atoms with Crippen LogP contribution in [0.2, 0.25) is 0 Å². The van der Waals surface area contributed by atoms with E-state index in [1.54, 1.807) is 0 Å². The van der Waals surface area contributed by atoms with Crippen LogP contribution in [0.4, 0.5) is 4.79 Å². The van der Waals surface area contributed by atoms with Gasteiger partial charge in [0.15, 0.2) is 0 Å². The zero-order valence-corrected chi connectivity index (χ0v) is 3.36. The fourth-order valence-corrected chi connectivity index (χ4v) is 0. The summed E-state index contributed by atoms with van der Waals surface area (Å²) in [6.45, 7) is 0. The second kappa shape index (κ2) is 29.3. The van der Waals surface area contributed by atoms with E-state index in [0.29, 0.717) is 0 Å². The quantitative estimate of drug-likeness (QED) is 0.406. The van der Waals surface area contributed by atoms with Crippen molar-refractivity contribution in [3.63, 3.8) is 0 Å². The van der Waals surface area contributed by atoms with Gasteiger partial charge < -0.3 is 10.2 Å². The van der Waals surface area contributed by atoms with Gasteiger partial charge in [0, 0.05) is 17.1 Å². The molecule has 0 saturated heterocycles. The van der Waals surface area contributed by atoms with Gasteiger partial charge in [0.25, 0.3) is 0 Å². The summed E-state index contributed by atoms with van der Waals surface area (Å²) in [5.41, 5.74) is 0. The minimum absolute atomic E-state index is 0. The Morgan fingerprint density at radius 1 is 1.22 bits per heavy atom. The molecule has 0 aliphatic heterocycles. The first-order chi connectivity index (χ1) is 1.73. The Balaban J connectivity index is -0.00000000450. The van der Waals surface area contributed by atoms with Crippen molar-refractivity contribution in [3.05, 3.63) is 0 Å². The summed E-state index contributed by atoms with van der Waals surface area (Å²) in [5, 5.41) is 13.9. The predicted molar refractivity (Wildman–Crippen MR) is 44.8 cm³/mol. The molecule has 0 saturated carbocycles. The molecule has 9 heavy (non-hydrogen) atoms. The molecule has 0 fully saturated rings. The molecule has 0 atom stereocenters. The Labute approximate surface area is 187 Å². The van der Waals surface area contributed by atoms with Crippen LogP contribution in [0.5, 0.6) is 0 Å². The third-order valence-corrected chi connectivity index (χ3v) is 0. The van der Waals surface area contributed by atoms with Crippen molar-refractivity contribution in [3.8, 4) is 0 Å². The maximum absolute atomic E-state index is 8.56. The van der Waals surface area contributed by atoms with Gasteiger partial charge in [0.1, 0.15) is 0 Å². The van der Waals surface area contributed by atoms with E-state index < -0.39 is 6.16 Å². The molecule has 8 heteroatoms. The van der Waals surface area contributed by atoms with Gasteiger partial charge in [-0.3, -0.25) is 0 Å². The molecule has 0 amide bonds. The molecule has 2 N–H and O–H groups in total. The van der Waals surface area contributed by atoms with Gasteiger partial charge >= 0.3 is 161 Å². The van der Waals surface area contributed by atoms with Crippen molar-refractivity contribution < 1.29 is 32.1 Å². The van der Waals surface area contributed by atoms with Crippen molar-refractivity contribution in [2.45, 2.75) is 0 Å². The fourth-order valence-electron chi connectivity index (χ4n) is 0. The summed E-state index contributed by atoms with van der Waals surface area (Å²) in [4.78, 5) is 8.56. The fraction of sp³-hybridized carbons (Fsp3) is 0. The van der Waals surface area contributed by atoms with Gasteiger partial charge in [0.05, 0.1) is 0 Å². The molecular weight excluding hydrogens is 404 g/mol. The van der Waals surface area contributed by atoms with E-state index in [9.17, 15) is 0 Å². The Hall–Kier alpha value is 4.87. The zero-order valence-electron chi connectivity index (χ0n) is 2.18. The van der Waals surface area contributed by atoms with E-state index in [1.807, 2.05) is 0 Å². The second-order valence-corrected chi connectivity index (χ2v) is 0.283. The number of rotatable bonds is 0. The first-order valence-corrected chi connectivity index (χ1v) is 0.651. The minimum atomic E-state index is -1.83. The second-order valence-electron chi connectivity index (χ2n) is 0.283.